The van der Waals surface area contributed by atoms with E-state index < -0.39 is 0 Å². The fourth-order valence-electron chi connectivity index (χ4n) is 0.825. The lowest BCUT2D eigenvalue weighted by molar-refractivity contribution is 1.12. The number of benzene rings is 1. The zero-order valence-electron chi connectivity index (χ0n) is 5.67. The molecule has 0 heteroatoms. The Bertz CT molecular complexity index is 153. The predicted octanol–water partition coefficient (Wildman–Crippen LogP) is 2.65. The Morgan fingerprint density at radius 3 is 2.44 bits per heavy atom. The quantitative estimate of drug-likeness (QED) is 0.561. The van der Waals surface area contributed by atoms with Crippen LogP contribution in [-0.2, 0) is 0 Å². The fraction of sp³-hybridized carbons (Fsp3) is 0.222. The van der Waals surface area contributed by atoms with Crippen molar-refractivity contribution >= 4 is 0 Å². The molecule has 47 valence electrons. The van der Waals surface area contributed by atoms with Crippen LogP contribution in [0.5, 0.6) is 0 Å². The first kappa shape index (κ1) is 6.34. The summed E-state index contributed by atoms with van der Waals surface area (Å²) in [4.78, 5) is 0. The van der Waals surface area contributed by atoms with E-state index >= 15 is 0 Å². The van der Waals surface area contributed by atoms with E-state index in [1.54, 1.807) is 0 Å². The minimum atomic E-state index is 1.12. The maximum atomic E-state index is 2.21. The summed E-state index contributed by atoms with van der Waals surface area (Å²) >= 11 is 0. The first-order chi connectivity index (χ1) is 4.43. The standard InChI is InChI=1S/C9H11/c1-2-6-9-7-4-3-5-8-9/h3-8H,2H2,1H3. The average Bonchev–Trinajstić information content (AvgIpc) is 1.91. The average molecular weight is 119 g/mol. The third kappa shape index (κ3) is 1.88. The van der Waals surface area contributed by atoms with Gasteiger partial charge in [-0.2, -0.15) is 0 Å². The molecule has 0 bridgehead atoms. The second-order valence-corrected chi connectivity index (χ2v) is 2.02. The zero-order chi connectivity index (χ0) is 6.53. The first-order valence-corrected chi connectivity index (χ1v) is 3.31. The lowest BCUT2D eigenvalue weighted by atomic mass is 10.1. The highest BCUT2D eigenvalue weighted by Crippen LogP contribution is 2.02. The highest BCUT2D eigenvalue weighted by atomic mass is 13.9. The van der Waals surface area contributed by atoms with Crippen LogP contribution < -0.4 is 0 Å². The van der Waals surface area contributed by atoms with Crippen LogP contribution in [0.2, 0.25) is 0 Å². The van der Waals surface area contributed by atoms with E-state index in [9.17, 15) is 0 Å². The number of hydrogen-bond donors (Lipinski definition) is 0. The second-order valence-electron chi connectivity index (χ2n) is 2.02. The Morgan fingerprint density at radius 1 is 1.22 bits per heavy atom. The maximum absolute atomic E-state index is 2.21. The molecule has 0 unspecified atom stereocenters. The van der Waals surface area contributed by atoms with Gasteiger partial charge >= 0.3 is 0 Å². The molecule has 0 fully saturated rings. The molecule has 0 saturated carbocycles. The van der Waals surface area contributed by atoms with Crippen LogP contribution in [0.1, 0.15) is 18.9 Å². The molecule has 1 aromatic rings. The van der Waals surface area contributed by atoms with Crippen molar-refractivity contribution in [1.29, 1.82) is 0 Å². The Labute approximate surface area is 56.5 Å². The van der Waals surface area contributed by atoms with Crippen LogP contribution in [0.3, 0.4) is 0 Å². The molecule has 0 amide bonds. The third-order valence-corrected chi connectivity index (χ3v) is 1.24. The molecular formula is C9H11. The van der Waals surface area contributed by atoms with Crippen molar-refractivity contribution in [2.75, 3.05) is 0 Å². The molecule has 0 spiro atoms. The van der Waals surface area contributed by atoms with Crippen LogP contribution in [0, 0.1) is 6.42 Å². The number of hydrogen-bond acceptors (Lipinski definition) is 0. The van der Waals surface area contributed by atoms with Crippen molar-refractivity contribution in [1.82, 2.24) is 0 Å². The van der Waals surface area contributed by atoms with Crippen molar-refractivity contribution in [3.63, 3.8) is 0 Å². The van der Waals surface area contributed by atoms with Crippen LogP contribution in [0.25, 0.3) is 0 Å². The highest BCUT2D eigenvalue weighted by Gasteiger charge is 1.85. The second kappa shape index (κ2) is 3.29. The fourth-order valence-corrected chi connectivity index (χ4v) is 0.825. The molecule has 0 nitrogen and oxygen atoms in total. The molecule has 0 aliphatic heterocycles. The van der Waals surface area contributed by atoms with Crippen molar-refractivity contribution in [2.24, 2.45) is 0 Å². The van der Waals surface area contributed by atoms with Gasteiger partial charge in [-0.25, -0.2) is 0 Å². The molecule has 0 saturated heterocycles. The summed E-state index contributed by atoms with van der Waals surface area (Å²) in [6, 6.07) is 10.4. The monoisotopic (exact) mass is 119 g/mol. The molecule has 1 aromatic carbocycles. The van der Waals surface area contributed by atoms with Gasteiger partial charge < -0.3 is 0 Å². The largest absolute Gasteiger partial charge is 0.0648 e. The van der Waals surface area contributed by atoms with Gasteiger partial charge in [-0.05, 0) is 18.4 Å². The van der Waals surface area contributed by atoms with Gasteiger partial charge in [0, 0.05) is 0 Å². The van der Waals surface area contributed by atoms with Gasteiger partial charge in [0.05, 0.1) is 0 Å². The van der Waals surface area contributed by atoms with E-state index in [1.807, 2.05) is 6.07 Å². The van der Waals surface area contributed by atoms with Crippen molar-refractivity contribution in [2.45, 2.75) is 13.3 Å². The smallest absolute Gasteiger partial charge is 0.00958 e. The summed E-state index contributed by atoms with van der Waals surface area (Å²) in [5.74, 6) is 0. The maximum Gasteiger partial charge on any atom is -0.00958 e. The van der Waals surface area contributed by atoms with Gasteiger partial charge in [0.2, 0.25) is 0 Å². The third-order valence-electron chi connectivity index (χ3n) is 1.24. The van der Waals surface area contributed by atoms with Gasteiger partial charge in [-0.3, -0.25) is 0 Å². The van der Waals surface area contributed by atoms with Crippen molar-refractivity contribution < 1.29 is 0 Å². The predicted molar refractivity (Wildman–Crippen MR) is 40.1 cm³/mol. The molecule has 0 aromatic heterocycles. The van der Waals surface area contributed by atoms with Crippen LogP contribution in [0.15, 0.2) is 30.3 Å². The summed E-state index contributed by atoms with van der Waals surface area (Å²) < 4.78 is 0. The molecule has 0 aliphatic rings. The SMILES string of the molecule is CC[CH]c1ccccc1. The van der Waals surface area contributed by atoms with E-state index in [-0.39, 0.29) is 0 Å². The van der Waals surface area contributed by atoms with Gasteiger partial charge in [-0.1, -0.05) is 37.3 Å². The summed E-state index contributed by atoms with van der Waals surface area (Å²) in [7, 11) is 0. The molecule has 0 aliphatic carbocycles. The lowest BCUT2D eigenvalue weighted by Gasteiger charge is -1.93. The Balaban J connectivity index is 2.61. The van der Waals surface area contributed by atoms with E-state index in [1.165, 1.54) is 5.56 Å². The van der Waals surface area contributed by atoms with Gasteiger partial charge in [-0.15, -0.1) is 0 Å². The molecule has 1 radical (unpaired) electrons. The minimum Gasteiger partial charge on any atom is -0.0648 e. The normalized spacial score (nSPS) is 9.44. The Morgan fingerprint density at radius 2 is 1.89 bits per heavy atom. The molecule has 9 heavy (non-hydrogen) atoms. The zero-order valence-corrected chi connectivity index (χ0v) is 5.67. The van der Waals surface area contributed by atoms with Crippen molar-refractivity contribution in [3.05, 3.63) is 42.3 Å². The minimum absolute atomic E-state index is 1.12. The summed E-state index contributed by atoms with van der Waals surface area (Å²) in [6.07, 6.45) is 3.32. The Hall–Kier alpha value is -0.780. The van der Waals surface area contributed by atoms with E-state index in [2.05, 4.69) is 37.6 Å². The highest BCUT2D eigenvalue weighted by molar-refractivity contribution is 5.21. The number of rotatable bonds is 2. The topological polar surface area (TPSA) is 0 Å². The summed E-state index contributed by atoms with van der Waals surface area (Å²) in [5, 5.41) is 0. The van der Waals surface area contributed by atoms with Crippen LogP contribution >= 0.6 is 0 Å². The van der Waals surface area contributed by atoms with Crippen LogP contribution in [-0.4, -0.2) is 0 Å². The van der Waals surface area contributed by atoms with Gasteiger partial charge in [0.15, 0.2) is 0 Å². The molecular weight excluding hydrogens is 108 g/mol. The van der Waals surface area contributed by atoms with Gasteiger partial charge in [0.25, 0.3) is 0 Å². The lowest BCUT2D eigenvalue weighted by Crippen LogP contribution is -1.75. The van der Waals surface area contributed by atoms with E-state index in [0.717, 1.165) is 6.42 Å². The molecule has 0 atom stereocenters. The molecule has 0 heterocycles. The Kier molecular flexibility index (Phi) is 2.32. The van der Waals surface area contributed by atoms with Gasteiger partial charge in [0.1, 0.15) is 0 Å². The summed E-state index contributed by atoms with van der Waals surface area (Å²) in [5.41, 5.74) is 1.32. The summed E-state index contributed by atoms with van der Waals surface area (Å²) in [6.45, 7) is 2.15. The van der Waals surface area contributed by atoms with E-state index in [4.69, 9.17) is 0 Å². The molecule has 0 N–H and O–H groups in total. The van der Waals surface area contributed by atoms with Crippen LogP contribution in [0.4, 0.5) is 0 Å². The van der Waals surface area contributed by atoms with Crippen molar-refractivity contribution in [3.8, 4) is 0 Å². The molecule has 1 rings (SSSR count). The van der Waals surface area contributed by atoms with E-state index in [0.29, 0.717) is 0 Å². The first-order valence-electron chi connectivity index (χ1n) is 3.31.